The molecule has 30 heavy (non-hydrogen) atoms. The Hall–Kier alpha value is -2.03. The van der Waals surface area contributed by atoms with Gasteiger partial charge in [0.05, 0.1) is 6.54 Å². The van der Waals surface area contributed by atoms with Gasteiger partial charge in [0.2, 0.25) is 0 Å². The molecule has 3 rings (SSSR count). The summed E-state index contributed by atoms with van der Waals surface area (Å²) in [6.45, 7) is 7.70. The van der Waals surface area contributed by atoms with Crippen molar-refractivity contribution in [1.29, 1.82) is 0 Å². The summed E-state index contributed by atoms with van der Waals surface area (Å²) in [5, 5.41) is 6.72. The molecule has 1 aromatic heterocycles. The normalized spacial score (nSPS) is 15.2. The number of halogens is 1. The summed E-state index contributed by atoms with van der Waals surface area (Å²) in [6, 6.07) is 12.3. The summed E-state index contributed by atoms with van der Waals surface area (Å²) < 4.78 is 5.98. The number of hydrogen-bond donors (Lipinski definition) is 2. The fourth-order valence-corrected chi connectivity index (χ4v) is 3.48. The lowest BCUT2D eigenvalue weighted by molar-refractivity contribution is 0.223. The molecule has 7 heteroatoms. The van der Waals surface area contributed by atoms with E-state index in [2.05, 4.69) is 57.6 Å². The standard InChI is InChI=1S/C23H33N5O.HI/c1-18-8-7-9-21(14-18)29-19(2)16-26-23(24-3)27-17-20-10-11-25-22(15-20)28-12-5-4-6-13-28;/h7-11,14-15,19H,4-6,12-13,16-17H2,1-3H3,(H2,24,26,27);1H. The number of piperidine rings is 1. The van der Waals surface area contributed by atoms with Crippen LogP contribution in [0.15, 0.2) is 47.6 Å². The highest BCUT2D eigenvalue weighted by atomic mass is 127. The molecule has 0 bridgehead atoms. The molecule has 1 aliphatic rings. The minimum atomic E-state index is 0. The Bertz CT molecular complexity index is 808. The minimum absolute atomic E-state index is 0. The molecule has 0 saturated carbocycles. The highest BCUT2D eigenvalue weighted by molar-refractivity contribution is 14.0. The van der Waals surface area contributed by atoms with Gasteiger partial charge in [-0.1, -0.05) is 12.1 Å². The third kappa shape index (κ3) is 7.66. The summed E-state index contributed by atoms with van der Waals surface area (Å²) in [7, 11) is 1.78. The molecule has 2 N–H and O–H groups in total. The molecule has 1 aliphatic heterocycles. The number of nitrogens with zero attached hydrogens (tertiary/aromatic N) is 3. The van der Waals surface area contributed by atoms with Crippen molar-refractivity contribution in [2.45, 2.75) is 45.8 Å². The van der Waals surface area contributed by atoms with Gasteiger partial charge in [0.1, 0.15) is 17.7 Å². The lowest BCUT2D eigenvalue weighted by atomic mass is 10.1. The van der Waals surface area contributed by atoms with Crippen LogP contribution in [0.4, 0.5) is 5.82 Å². The van der Waals surface area contributed by atoms with Gasteiger partial charge in [-0.15, -0.1) is 24.0 Å². The molecule has 1 fully saturated rings. The van der Waals surface area contributed by atoms with E-state index in [0.29, 0.717) is 13.1 Å². The first-order valence-electron chi connectivity index (χ1n) is 10.5. The van der Waals surface area contributed by atoms with Gasteiger partial charge in [0, 0.05) is 32.9 Å². The molecule has 1 atom stereocenters. The number of benzene rings is 1. The molecule has 1 saturated heterocycles. The zero-order chi connectivity index (χ0) is 20.5. The molecule has 164 valence electrons. The zero-order valence-corrected chi connectivity index (χ0v) is 20.6. The molecular formula is C23H34IN5O. The van der Waals surface area contributed by atoms with E-state index in [9.17, 15) is 0 Å². The number of aliphatic imine (C=N–C) groups is 1. The van der Waals surface area contributed by atoms with Crippen molar-refractivity contribution in [3.8, 4) is 5.75 Å². The quantitative estimate of drug-likeness (QED) is 0.325. The van der Waals surface area contributed by atoms with E-state index in [0.717, 1.165) is 30.6 Å². The second-order valence-electron chi connectivity index (χ2n) is 7.62. The topological polar surface area (TPSA) is 61.8 Å². The molecule has 0 aliphatic carbocycles. The SMILES string of the molecule is CN=C(NCc1ccnc(N2CCCCC2)c1)NCC(C)Oc1cccc(C)c1.I. The number of rotatable bonds is 7. The van der Waals surface area contributed by atoms with Gasteiger partial charge >= 0.3 is 0 Å². The fraction of sp³-hybridized carbons (Fsp3) is 0.478. The lowest BCUT2D eigenvalue weighted by Gasteiger charge is -2.28. The van der Waals surface area contributed by atoms with E-state index < -0.39 is 0 Å². The van der Waals surface area contributed by atoms with Crippen molar-refractivity contribution >= 4 is 35.8 Å². The van der Waals surface area contributed by atoms with Gasteiger partial charge in [-0.05, 0) is 68.5 Å². The van der Waals surface area contributed by atoms with Crippen molar-refractivity contribution in [3.05, 3.63) is 53.7 Å². The maximum absolute atomic E-state index is 5.98. The maximum atomic E-state index is 5.98. The van der Waals surface area contributed by atoms with Crippen LogP contribution in [0.3, 0.4) is 0 Å². The smallest absolute Gasteiger partial charge is 0.191 e. The average Bonchev–Trinajstić information content (AvgIpc) is 2.75. The van der Waals surface area contributed by atoms with Crippen LogP contribution in [0.5, 0.6) is 5.75 Å². The van der Waals surface area contributed by atoms with Gasteiger partial charge in [-0.3, -0.25) is 4.99 Å². The van der Waals surface area contributed by atoms with Crippen molar-refractivity contribution in [1.82, 2.24) is 15.6 Å². The fourth-order valence-electron chi connectivity index (χ4n) is 3.48. The Labute approximate surface area is 197 Å². The van der Waals surface area contributed by atoms with Crippen molar-refractivity contribution < 1.29 is 4.74 Å². The predicted molar refractivity (Wildman–Crippen MR) is 135 cm³/mol. The first-order valence-corrected chi connectivity index (χ1v) is 10.5. The summed E-state index contributed by atoms with van der Waals surface area (Å²) >= 11 is 0. The van der Waals surface area contributed by atoms with Gasteiger partial charge in [-0.25, -0.2) is 4.98 Å². The summed E-state index contributed by atoms with van der Waals surface area (Å²) in [5.74, 6) is 2.73. The van der Waals surface area contributed by atoms with E-state index in [-0.39, 0.29) is 30.1 Å². The van der Waals surface area contributed by atoms with Crippen LogP contribution >= 0.6 is 24.0 Å². The molecule has 2 aromatic rings. The second kappa shape index (κ2) is 12.6. The number of pyridine rings is 1. The van der Waals surface area contributed by atoms with Crippen LogP contribution in [-0.4, -0.2) is 43.7 Å². The van der Waals surface area contributed by atoms with E-state index in [1.54, 1.807) is 7.05 Å². The van der Waals surface area contributed by atoms with Crippen LogP contribution in [0, 0.1) is 6.92 Å². The maximum Gasteiger partial charge on any atom is 0.191 e. The van der Waals surface area contributed by atoms with Crippen molar-refractivity contribution in [3.63, 3.8) is 0 Å². The highest BCUT2D eigenvalue weighted by Crippen LogP contribution is 2.18. The summed E-state index contributed by atoms with van der Waals surface area (Å²) in [5.41, 5.74) is 2.40. The van der Waals surface area contributed by atoms with E-state index >= 15 is 0 Å². The number of hydrogen-bond acceptors (Lipinski definition) is 4. The first-order chi connectivity index (χ1) is 14.1. The van der Waals surface area contributed by atoms with Crippen LogP contribution in [0.1, 0.15) is 37.3 Å². The predicted octanol–water partition coefficient (Wildman–Crippen LogP) is 4.13. The number of aromatic nitrogens is 1. The summed E-state index contributed by atoms with van der Waals surface area (Å²) in [6.07, 6.45) is 5.76. The minimum Gasteiger partial charge on any atom is -0.489 e. The second-order valence-corrected chi connectivity index (χ2v) is 7.62. The van der Waals surface area contributed by atoms with Crippen LogP contribution in [0.25, 0.3) is 0 Å². The van der Waals surface area contributed by atoms with Gasteiger partial charge in [0.25, 0.3) is 0 Å². The molecule has 1 aromatic carbocycles. The molecule has 2 heterocycles. The van der Waals surface area contributed by atoms with E-state index in [4.69, 9.17) is 4.74 Å². The molecular weight excluding hydrogens is 489 g/mol. The monoisotopic (exact) mass is 523 g/mol. The third-order valence-electron chi connectivity index (χ3n) is 5.06. The number of ether oxygens (including phenoxy) is 1. The van der Waals surface area contributed by atoms with Gasteiger partial charge < -0.3 is 20.3 Å². The average molecular weight is 523 g/mol. The number of nitrogens with one attached hydrogen (secondary N) is 2. The molecule has 0 amide bonds. The molecule has 1 unspecified atom stereocenters. The van der Waals surface area contributed by atoms with Gasteiger partial charge in [0.15, 0.2) is 5.96 Å². The first kappa shape index (κ1) is 24.2. The Morgan fingerprint density at radius 1 is 1.17 bits per heavy atom. The van der Waals surface area contributed by atoms with E-state index in [1.165, 1.54) is 30.4 Å². The zero-order valence-electron chi connectivity index (χ0n) is 18.2. The highest BCUT2D eigenvalue weighted by Gasteiger charge is 2.12. The largest absolute Gasteiger partial charge is 0.489 e. The van der Waals surface area contributed by atoms with Crippen molar-refractivity contribution in [2.75, 3.05) is 31.6 Å². The summed E-state index contributed by atoms with van der Waals surface area (Å²) in [4.78, 5) is 11.3. The van der Waals surface area contributed by atoms with E-state index in [1.807, 2.05) is 24.4 Å². The number of guanidine groups is 1. The van der Waals surface area contributed by atoms with Gasteiger partial charge in [-0.2, -0.15) is 0 Å². The van der Waals surface area contributed by atoms with Crippen LogP contribution < -0.4 is 20.3 Å². The Kier molecular flexibility index (Phi) is 10.2. The third-order valence-corrected chi connectivity index (χ3v) is 5.06. The Morgan fingerprint density at radius 3 is 2.70 bits per heavy atom. The molecule has 0 radical (unpaired) electrons. The van der Waals surface area contributed by atoms with Crippen LogP contribution in [-0.2, 0) is 6.54 Å². The Morgan fingerprint density at radius 2 is 1.97 bits per heavy atom. The Balaban J connectivity index is 0.00000320. The number of anilines is 1. The molecule has 0 spiro atoms. The molecule has 6 nitrogen and oxygen atoms in total. The van der Waals surface area contributed by atoms with Crippen molar-refractivity contribution in [2.24, 2.45) is 4.99 Å². The number of aryl methyl sites for hydroxylation is 1. The lowest BCUT2D eigenvalue weighted by Crippen LogP contribution is -2.41. The van der Waals surface area contributed by atoms with Crippen LogP contribution in [0.2, 0.25) is 0 Å².